The highest BCUT2D eigenvalue weighted by Crippen LogP contribution is 2.27. The summed E-state index contributed by atoms with van der Waals surface area (Å²) in [6, 6.07) is 12.0. The Bertz CT molecular complexity index is 746. The van der Waals surface area contributed by atoms with Crippen LogP contribution in [0.5, 0.6) is 0 Å². The van der Waals surface area contributed by atoms with Gasteiger partial charge in [-0.05, 0) is 41.1 Å². The fraction of sp³-hybridized carbons (Fsp3) is 0.0714. The van der Waals surface area contributed by atoms with E-state index in [0.29, 0.717) is 22.8 Å². The fourth-order valence-electron chi connectivity index (χ4n) is 2.10. The minimum Gasteiger partial charge on any atom is -0.398 e. The molecule has 0 saturated heterocycles. The number of hydrogen-bond donors (Lipinski definition) is 1. The van der Waals surface area contributed by atoms with Crippen LogP contribution in [0.3, 0.4) is 0 Å². The summed E-state index contributed by atoms with van der Waals surface area (Å²) >= 11 is 0. The Labute approximate surface area is 114 Å². The molecule has 100 valence electrons. The van der Waals surface area contributed by atoms with Crippen molar-refractivity contribution in [3.63, 3.8) is 0 Å². The summed E-state index contributed by atoms with van der Waals surface area (Å²) in [5, 5.41) is 11.5. The van der Waals surface area contributed by atoms with Crippen LogP contribution in [-0.2, 0) is 0 Å². The average Bonchev–Trinajstić information content (AvgIpc) is 2.88. The van der Waals surface area contributed by atoms with E-state index in [-0.39, 0.29) is 5.82 Å². The summed E-state index contributed by atoms with van der Waals surface area (Å²) in [7, 11) is 0. The molecule has 0 amide bonds. The van der Waals surface area contributed by atoms with E-state index in [2.05, 4.69) is 15.5 Å². The van der Waals surface area contributed by atoms with E-state index in [1.807, 2.05) is 12.1 Å². The van der Waals surface area contributed by atoms with Gasteiger partial charge in [-0.25, -0.2) is 4.39 Å². The Balaban J connectivity index is 2.24. The highest BCUT2D eigenvalue weighted by molar-refractivity contribution is 5.72. The summed E-state index contributed by atoms with van der Waals surface area (Å²) in [6.45, 7) is 1.80. The van der Waals surface area contributed by atoms with Gasteiger partial charge in [0.1, 0.15) is 11.5 Å². The minimum atomic E-state index is -0.381. The molecular formula is C14H12FN5. The van der Waals surface area contributed by atoms with Crippen molar-refractivity contribution in [3.8, 4) is 17.1 Å². The number of halogens is 1. The first kappa shape index (κ1) is 12.3. The molecule has 3 rings (SSSR count). The van der Waals surface area contributed by atoms with Crippen molar-refractivity contribution in [3.05, 3.63) is 53.8 Å². The molecule has 2 N–H and O–H groups in total. The Morgan fingerprint density at radius 2 is 1.90 bits per heavy atom. The highest BCUT2D eigenvalue weighted by atomic mass is 19.1. The zero-order valence-corrected chi connectivity index (χ0v) is 10.8. The van der Waals surface area contributed by atoms with Crippen LogP contribution in [0.2, 0.25) is 0 Å². The molecule has 0 spiro atoms. The summed E-state index contributed by atoms with van der Waals surface area (Å²) in [4.78, 5) is 0. The number of para-hydroxylation sites is 2. The number of nitrogens with zero attached hydrogens (tertiary/aromatic N) is 4. The van der Waals surface area contributed by atoms with Gasteiger partial charge in [-0.2, -0.15) is 4.68 Å². The number of benzene rings is 2. The zero-order chi connectivity index (χ0) is 14.1. The van der Waals surface area contributed by atoms with Crippen molar-refractivity contribution in [2.45, 2.75) is 6.92 Å². The fourth-order valence-corrected chi connectivity index (χ4v) is 2.10. The van der Waals surface area contributed by atoms with Crippen molar-refractivity contribution < 1.29 is 4.39 Å². The number of rotatable bonds is 2. The number of hydrogen-bond acceptors (Lipinski definition) is 4. The molecule has 0 radical (unpaired) electrons. The zero-order valence-electron chi connectivity index (χ0n) is 10.8. The summed E-state index contributed by atoms with van der Waals surface area (Å²) in [6.07, 6.45) is 0. The second kappa shape index (κ2) is 4.73. The van der Waals surface area contributed by atoms with Crippen LogP contribution in [-0.4, -0.2) is 20.2 Å². The van der Waals surface area contributed by atoms with Gasteiger partial charge < -0.3 is 5.73 Å². The van der Waals surface area contributed by atoms with Crippen molar-refractivity contribution in [1.82, 2.24) is 20.2 Å². The minimum absolute atomic E-state index is 0.329. The van der Waals surface area contributed by atoms with Crippen LogP contribution in [0.25, 0.3) is 17.1 Å². The number of aryl methyl sites for hydroxylation is 1. The predicted octanol–water partition coefficient (Wildman–Crippen LogP) is 2.36. The molecule has 0 aliphatic heterocycles. The van der Waals surface area contributed by atoms with Crippen LogP contribution in [0, 0.1) is 12.7 Å². The van der Waals surface area contributed by atoms with E-state index in [1.165, 1.54) is 10.7 Å². The first-order valence-corrected chi connectivity index (χ1v) is 6.07. The van der Waals surface area contributed by atoms with Crippen molar-refractivity contribution in [2.24, 2.45) is 0 Å². The molecule has 0 atom stereocenters. The normalized spacial score (nSPS) is 10.7. The van der Waals surface area contributed by atoms with E-state index in [9.17, 15) is 4.39 Å². The second-order valence-corrected chi connectivity index (χ2v) is 4.41. The molecule has 2 aromatic carbocycles. The Kier molecular flexibility index (Phi) is 2.90. The monoisotopic (exact) mass is 269 g/mol. The van der Waals surface area contributed by atoms with E-state index in [1.54, 1.807) is 31.2 Å². The van der Waals surface area contributed by atoms with Gasteiger partial charge in [0.25, 0.3) is 0 Å². The maximum absolute atomic E-state index is 14.1. The number of aromatic nitrogens is 4. The van der Waals surface area contributed by atoms with Gasteiger partial charge >= 0.3 is 0 Å². The molecule has 0 aliphatic carbocycles. The molecule has 5 nitrogen and oxygen atoms in total. The van der Waals surface area contributed by atoms with Crippen LogP contribution in [0.4, 0.5) is 10.1 Å². The molecule has 1 aromatic heterocycles. The van der Waals surface area contributed by atoms with Gasteiger partial charge in [0.2, 0.25) is 0 Å². The molecule has 0 aliphatic rings. The van der Waals surface area contributed by atoms with Crippen molar-refractivity contribution in [1.29, 1.82) is 0 Å². The van der Waals surface area contributed by atoms with E-state index >= 15 is 0 Å². The molecule has 0 fully saturated rings. The Hall–Kier alpha value is -2.76. The van der Waals surface area contributed by atoms with Crippen LogP contribution in [0.15, 0.2) is 42.5 Å². The Morgan fingerprint density at radius 3 is 2.65 bits per heavy atom. The summed E-state index contributed by atoms with van der Waals surface area (Å²) in [5.41, 5.74) is 8.21. The van der Waals surface area contributed by atoms with Crippen LogP contribution in [0.1, 0.15) is 5.56 Å². The lowest BCUT2D eigenvalue weighted by Crippen LogP contribution is -2.06. The standard InChI is InChI=1S/C14H12FN5/c1-9-5-4-7-11(15)13(9)20-14(17-18-19-20)10-6-2-3-8-12(10)16/h2-8H,16H2,1H3. The number of nitrogens with two attached hydrogens (primary N) is 1. The summed E-state index contributed by atoms with van der Waals surface area (Å²) in [5.74, 6) is 0.0318. The third-order valence-electron chi connectivity index (χ3n) is 3.07. The molecule has 3 aromatic rings. The van der Waals surface area contributed by atoms with E-state index < -0.39 is 0 Å². The second-order valence-electron chi connectivity index (χ2n) is 4.41. The van der Waals surface area contributed by atoms with Gasteiger partial charge in [0.05, 0.1) is 0 Å². The molecule has 1 heterocycles. The average molecular weight is 269 g/mol. The van der Waals surface area contributed by atoms with Crippen molar-refractivity contribution in [2.75, 3.05) is 5.73 Å². The lowest BCUT2D eigenvalue weighted by Gasteiger charge is -2.09. The van der Waals surface area contributed by atoms with E-state index in [4.69, 9.17) is 5.73 Å². The molecular weight excluding hydrogens is 257 g/mol. The molecule has 20 heavy (non-hydrogen) atoms. The smallest absolute Gasteiger partial charge is 0.189 e. The number of tetrazole rings is 1. The van der Waals surface area contributed by atoms with Crippen molar-refractivity contribution >= 4 is 5.69 Å². The molecule has 0 unspecified atom stereocenters. The maximum atomic E-state index is 14.1. The topological polar surface area (TPSA) is 69.6 Å². The van der Waals surface area contributed by atoms with Gasteiger partial charge in [-0.15, -0.1) is 5.10 Å². The van der Waals surface area contributed by atoms with Gasteiger partial charge in [-0.1, -0.05) is 24.3 Å². The first-order chi connectivity index (χ1) is 9.68. The third kappa shape index (κ3) is 1.91. The molecule has 6 heteroatoms. The number of anilines is 1. The highest BCUT2D eigenvalue weighted by Gasteiger charge is 2.17. The van der Waals surface area contributed by atoms with E-state index in [0.717, 1.165) is 5.56 Å². The lowest BCUT2D eigenvalue weighted by atomic mass is 10.1. The maximum Gasteiger partial charge on any atom is 0.189 e. The third-order valence-corrected chi connectivity index (χ3v) is 3.07. The lowest BCUT2D eigenvalue weighted by molar-refractivity contribution is 0.606. The first-order valence-electron chi connectivity index (χ1n) is 6.07. The Morgan fingerprint density at radius 1 is 1.10 bits per heavy atom. The van der Waals surface area contributed by atoms with Crippen LogP contribution < -0.4 is 5.73 Å². The van der Waals surface area contributed by atoms with Gasteiger partial charge in [-0.3, -0.25) is 0 Å². The van der Waals surface area contributed by atoms with Crippen LogP contribution >= 0.6 is 0 Å². The van der Waals surface area contributed by atoms with Gasteiger partial charge in [0, 0.05) is 11.3 Å². The molecule has 0 bridgehead atoms. The largest absolute Gasteiger partial charge is 0.398 e. The van der Waals surface area contributed by atoms with Gasteiger partial charge in [0.15, 0.2) is 5.82 Å². The number of nitrogen functional groups attached to an aromatic ring is 1. The molecule has 0 saturated carbocycles. The summed E-state index contributed by atoms with van der Waals surface area (Å²) < 4.78 is 15.4. The quantitative estimate of drug-likeness (QED) is 0.725. The SMILES string of the molecule is Cc1cccc(F)c1-n1nnnc1-c1ccccc1N. The predicted molar refractivity (Wildman–Crippen MR) is 73.7 cm³/mol.